The predicted molar refractivity (Wildman–Crippen MR) is 92.7 cm³/mol. The Balaban J connectivity index is 1.35. The van der Waals surface area contributed by atoms with Crippen LogP contribution in [-0.2, 0) is 9.47 Å². The van der Waals surface area contributed by atoms with E-state index < -0.39 is 0 Å². The number of nitrogens with zero attached hydrogens (tertiary/aromatic N) is 2. The largest absolute Gasteiger partial charge is 0.459 e. The number of furan rings is 1. The quantitative estimate of drug-likeness (QED) is 0.815. The number of ether oxygens (including phenoxy) is 2. The lowest BCUT2D eigenvalue weighted by Crippen LogP contribution is -2.54. The molecule has 2 saturated heterocycles. The van der Waals surface area contributed by atoms with Gasteiger partial charge in [-0.2, -0.15) is 0 Å². The molecule has 3 heterocycles. The van der Waals surface area contributed by atoms with E-state index in [0.29, 0.717) is 18.9 Å². The average Bonchev–Trinajstić information content (AvgIpc) is 3.35. The first-order valence-electron chi connectivity index (χ1n) is 9.54. The van der Waals surface area contributed by atoms with E-state index in [-0.39, 0.29) is 24.2 Å². The van der Waals surface area contributed by atoms with Crippen molar-refractivity contribution in [3.05, 3.63) is 23.7 Å². The molecule has 1 amide bonds. The van der Waals surface area contributed by atoms with E-state index in [1.807, 2.05) is 17.9 Å². The predicted octanol–water partition coefficient (Wildman–Crippen LogP) is 2.07. The molecule has 4 rings (SSSR count). The Morgan fingerprint density at radius 2 is 2.12 bits per heavy atom. The molecule has 0 unspecified atom stereocenters. The maximum Gasteiger partial charge on any atom is 0.290 e. The van der Waals surface area contributed by atoms with Crippen LogP contribution >= 0.6 is 0 Å². The molecular weight excluding hydrogens is 320 g/mol. The molecule has 1 aromatic rings. The van der Waals surface area contributed by atoms with Crippen molar-refractivity contribution in [2.45, 2.75) is 50.9 Å². The second-order valence-electron chi connectivity index (χ2n) is 7.37. The van der Waals surface area contributed by atoms with Crippen molar-refractivity contribution in [1.29, 1.82) is 0 Å². The van der Waals surface area contributed by atoms with Crippen molar-refractivity contribution in [2.75, 3.05) is 39.4 Å². The van der Waals surface area contributed by atoms with Gasteiger partial charge in [0.2, 0.25) is 0 Å². The van der Waals surface area contributed by atoms with Gasteiger partial charge in [0.05, 0.1) is 31.6 Å². The highest BCUT2D eigenvalue weighted by Crippen LogP contribution is 2.33. The van der Waals surface area contributed by atoms with E-state index in [9.17, 15) is 4.79 Å². The van der Waals surface area contributed by atoms with E-state index in [4.69, 9.17) is 13.9 Å². The highest BCUT2D eigenvalue weighted by molar-refractivity contribution is 5.93. The number of carbonyl (C=O) groups is 1. The van der Waals surface area contributed by atoms with Crippen molar-refractivity contribution in [3.63, 3.8) is 0 Å². The van der Waals surface area contributed by atoms with E-state index in [1.54, 1.807) is 6.26 Å². The molecule has 1 aliphatic carbocycles. The zero-order valence-corrected chi connectivity index (χ0v) is 15.0. The number of aryl methyl sites for hydroxylation is 1. The summed E-state index contributed by atoms with van der Waals surface area (Å²) in [5.41, 5.74) is 0.893. The van der Waals surface area contributed by atoms with Gasteiger partial charge in [0.1, 0.15) is 6.10 Å². The molecule has 6 heteroatoms. The third-order valence-corrected chi connectivity index (χ3v) is 5.79. The van der Waals surface area contributed by atoms with Crippen molar-refractivity contribution >= 4 is 5.91 Å². The van der Waals surface area contributed by atoms with Crippen molar-refractivity contribution in [3.8, 4) is 0 Å². The van der Waals surface area contributed by atoms with Crippen molar-refractivity contribution in [2.24, 2.45) is 0 Å². The molecule has 3 aliphatic rings. The van der Waals surface area contributed by atoms with Gasteiger partial charge in [-0.05, 0) is 51.8 Å². The molecule has 0 aromatic carbocycles. The molecule has 3 atom stereocenters. The van der Waals surface area contributed by atoms with Crippen LogP contribution in [0.2, 0.25) is 0 Å². The van der Waals surface area contributed by atoms with Crippen LogP contribution in [0.5, 0.6) is 0 Å². The molecule has 0 radical (unpaired) electrons. The van der Waals surface area contributed by atoms with Gasteiger partial charge < -0.3 is 23.7 Å². The summed E-state index contributed by atoms with van der Waals surface area (Å²) in [5.74, 6) is 0.442. The smallest absolute Gasteiger partial charge is 0.290 e. The maximum atomic E-state index is 12.8. The van der Waals surface area contributed by atoms with Crippen LogP contribution in [0.4, 0.5) is 0 Å². The molecule has 1 aromatic heterocycles. The summed E-state index contributed by atoms with van der Waals surface area (Å²) in [5, 5.41) is 0. The molecule has 0 N–H and O–H groups in total. The number of rotatable bonds is 5. The number of hydrogen-bond donors (Lipinski definition) is 0. The first-order chi connectivity index (χ1) is 12.2. The highest BCUT2D eigenvalue weighted by atomic mass is 16.5. The molecule has 0 spiro atoms. The first kappa shape index (κ1) is 17.1. The fourth-order valence-corrected chi connectivity index (χ4v) is 4.41. The average molecular weight is 348 g/mol. The zero-order valence-electron chi connectivity index (χ0n) is 15.0. The summed E-state index contributed by atoms with van der Waals surface area (Å²) >= 11 is 0. The second kappa shape index (κ2) is 7.48. The molecule has 6 nitrogen and oxygen atoms in total. The topological polar surface area (TPSA) is 55.2 Å². The van der Waals surface area contributed by atoms with Gasteiger partial charge in [0.25, 0.3) is 5.91 Å². The minimum absolute atomic E-state index is 0.00783. The Kier molecular flexibility index (Phi) is 5.10. The molecular formula is C19H28N2O4. The lowest BCUT2D eigenvalue weighted by atomic mass is 10.1. The summed E-state index contributed by atoms with van der Waals surface area (Å²) in [7, 11) is 0. The third kappa shape index (κ3) is 3.48. The van der Waals surface area contributed by atoms with Gasteiger partial charge >= 0.3 is 0 Å². The molecule has 138 valence electrons. The Hall–Kier alpha value is -1.37. The Morgan fingerprint density at radius 3 is 2.88 bits per heavy atom. The number of morpholine rings is 1. The number of carbonyl (C=O) groups excluding carboxylic acids is 1. The van der Waals surface area contributed by atoms with Crippen LogP contribution in [0.3, 0.4) is 0 Å². The Bertz CT molecular complexity index is 596. The molecule has 0 bridgehead atoms. The highest BCUT2D eigenvalue weighted by Gasteiger charge is 2.45. The normalized spacial score (nSPS) is 30.0. The molecule has 2 aliphatic heterocycles. The number of hydrogen-bond acceptors (Lipinski definition) is 5. The zero-order chi connectivity index (χ0) is 17.2. The standard InChI is InChI=1S/C19H28N2O4/c1-14-6-11-24-17(14)19(22)21-10-13-25-18-15(21)4-5-16(18)23-12-9-20-7-2-3-8-20/h6,11,15-16,18H,2-5,7-10,12-13H2,1H3/t15-,16+,18+/m0/s1. The fourth-order valence-electron chi connectivity index (χ4n) is 4.41. The summed E-state index contributed by atoms with van der Waals surface area (Å²) in [6, 6.07) is 1.94. The number of fused-ring (bicyclic) bond motifs is 1. The van der Waals surface area contributed by atoms with Gasteiger partial charge in [0, 0.05) is 18.7 Å². The third-order valence-electron chi connectivity index (χ3n) is 5.79. The molecule has 25 heavy (non-hydrogen) atoms. The lowest BCUT2D eigenvalue weighted by Gasteiger charge is -2.38. The van der Waals surface area contributed by atoms with Crippen molar-refractivity contribution < 1.29 is 18.7 Å². The van der Waals surface area contributed by atoms with E-state index in [1.165, 1.54) is 25.9 Å². The second-order valence-corrected chi connectivity index (χ2v) is 7.37. The van der Waals surface area contributed by atoms with Gasteiger partial charge in [-0.1, -0.05) is 0 Å². The van der Waals surface area contributed by atoms with E-state index in [0.717, 1.165) is 31.6 Å². The minimum Gasteiger partial charge on any atom is -0.459 e. The summed E-state index contributed by atoms with van der Waals surface area (Å²) in [4.78, 5) is 17.2. The van der Waals surface area contributed by atoms with Gasteiger partial charge in [-0.15, -0.1) is 0 Å². The fraction of sp³-hybridized carbons (Fsp3) is 0.737. The SMILES string of the molecule is Cc1ccoc1C(=O)N1CCO[C@H]2[C@H](OCCN3CCCC3)CC[C@@H]21. The van der Waals surface area contributed by atoms with Crippen molar-refractivity contribution in [1.82, 2.24) is 9.80 Å². The van der Waals surface area contributed by atoms with Crippen LogP contribution in [0.15, 0.2) is 16.7 Å². The minimum atomic E-state index is -0.0153. The van der Waals surface area contributed by atoms with Crippen LogP contribution in [0.1, 0.15) is 41.8 Å². The van der Waals surface area contributed by atoms with Crippen LogP contribution < -0.4 is 0 Å². The monoisotopic (exact) mass is 348 g/mol. The lowest BCUT2D eigenvalue weighted by molar-refractivity contribution is -0.106. The number of likely N-dealkylation sites (tertiary alicyclic amines) is 1. The van der Waals surface area contributed by atoms with E-state index in [2.05, 4.69) is 4.90 Å². The van der Waals surface area contributed by atoms with Crippen LogP contribution in [0.25, 0.3) is 0 Å². The Labute approximate surface area is 149 Å². The van der Waals surface area contributed by atoms with Gasteiger partial charge in [-0.3, -0.25) is 4.79 Å². The molecule has 1 saturated carbocycles. The molecule has 3 fully saturated rings. The van der Waals surface area contributed by atoms with Gasteiger partial charge in [0.15, 0.2) is 5.76 Å². The Morgan fingerprint density at radius 1 is 1.28 bits per heavy atom. The van der Waals surface area contributed by atoms with Crippen LogP contribution in [-0.4, -0.2) is 73.3 Å². The first-order valence-corrected chi connectivity index (χ1v) is 9.54. The maximum absolute atomic E-state index is 12.8. The van der Waals surface area contributed by atoms with E-state index >= 15 is 0 Å². The summed E-state index contributed by atoms with van der Waals surface area (Å²) in [6.07, 6.45) is 6.17. The van der Waals surface area contributed by atoms with Gasteiger partial charge in [-0.25, -0.2) is 0 Å². The number of amides is 1. The van der Waals surface area contributed by atoms with Crippen LogP contribution in [0, 0.1) is 6.92 Å². The summed E-state index contributed by atoms with van der Waals surface area (Å²) in [6.45, 7) is 7.25. The summed E-state index contributed by atoms with van der Waals surface area (Å²) < 4.78 is 17.6.